The molecule has 148 valence electrons. The van der Waals surface area contributed by atoms with E-state index in [2.05, 4.69) is 45.9 Å². The van der Waals surface area contributed by atoms with E-state index in [1.165, 1.54) is 37.9 Å². The minimum absolute atomic E-state index is 0.341. The monoisotopic (exact) mass is 370 g/mol. The minimum atomic E-state index is 0.341. The SMILES string of the molecule is O=C(CCCN1CCC(N[C@@H]2CC2c2ccccc2)CC1)N1CCNCC1. The van der Waals surface area contributed by atoms with Gasteiger partial charge in [-0.25, -0.2) is 0 Å². The van der Waals surface area contributed by atoms with Crippen LogP contribution in [0.4, 0.5) is 0 Å². The van der Waals surface area contributed by atoms with Crippen LogP contribution in [0.3, 0.4) is 0 Å². The Hall–Kier alpha value is -1.43. The van der Waals surface area contributed by atoms with Gasteiger partial charge in [0.05, 0.1) is 0 Å². The Bertz CT molecular complexity index is 594. The fourth-order valence-corrected chi connectivity index (χ4v) is 4.60. The summed E-state index contributed by atoms with van der Waals surface area (Å²) >= 11 is 0. The van der Waals surface area contributed by atoms with Crippen molar-refractivity contribution in [1.82, 2.24) is 20.4 Å². The second-order valence-electron chi connectivity index (χ2n) is 8.38. The van der Waals surface area contributed by atoms with E-state index in [9.17, 15) is 4.79 Å². The summed E-state index contributed by atoms with van der Waals surface area (Å²) in [4.78, 5) is 16.8. The van der Waals surface area contributed by atoms with Gasteiger partial charge in [0.2, 0.25) is 5.91 Å². The molecule has 5 heteroatoms. The van der Waals surface area contributed by atoms with Gasteiger partial charge in [0.25, 0.3) is 0 Å². The lowest BCUT2D eigenvalue weighted by atomic mass is 10.0. The fraction of sp³-hybridized carbons (Fsp3) is 0.682. The first-order valence-corrected chi connectivity index (χ1v) is 10.8. The summed E-state index contributed by atoms with van der Waals surface area (Å²) in [7, 11) is 0. The maximum atomic E-state index is 12.2. The average molecular weight is 371 g/mol. The Morgan fingerprint density at radius 3 is 2.56 bits per heavy atom. The van der Waals surface area contributed by atoms with Gasteiger partial charge in [-0.05, 0) is 50.9 Å². The van der Waals surface area contributed by atoms with Crippen molar-refractivity contribution in [3.05, 3.63) is 35.9 Å². The highest BCUT2D eigenvalue weighted by atomic mass is 16.2. The van der Waals surface area contributed by atoms with E-state index in [0.29, 0.717) is 24.4 Å². The summed E-state index contributed by atoms with van der Waals surface area (Å²) in [6.45, 7) is 7.05. The lowest BCUT2D eigenvalue weighted by Crippen LogP contribution is -2.46. The van der Waals surface area contributed by atoms with Crippen LogP contribution in [0.5, 0.6) is 0 Å². The molecule has 0 aromatic heterocycles. The topological polar surface area (TPSA) is 47.6 Å². The zero-order chi connectivity index (χ0) is 18.5. The first-order chi connectivity index (χ1) is 13.3. The lowest BCUT2D eigenvalue weighted by molar-refractivity contribution is -0.131. The molecule has 5 nitrogen and oxygen atoms in total. The van der Waals surface area contributed by atoms with Crippen molar-refractivity contribution in [2.45, 2.75) is 50.1 Å². The van der Waals surface area contributed by atoms with E-state index in [4.69, 9.17) is 0 Å². The molecule has 1 aromatic rings. The van der Waals surface area contributed by atoms with Crippen LogP contribution in [0.15, 0.2) is 30.3 Å². The standard InChI is InChI=1S/C22H34N4O/c27-22(26-15-10-23-11-16-26)7-4-12-25-13-8-19(9-14-25)24-21-17-20(21)18-5-2-1-3-6-18/h1-3,5-6,19-21,23-24H,4,7-17H2/t20?,21-/m1/s1. The highest BCUT2D eigenvalue weighted by Crippen LogP contribution is 2.41. The second-order valence-corrected chi connectivity index (χ2v) is 8.38. The number of amides is 1. The van der Waals surface area contributed by atoms with Crippen LogP contribution in [0.2, 0.25) is 0 Å². The molecule has 2 N–H and O–H groups in total. The Balaban J connectivity index is 1.09. The van der Waals surface area contributed by atoms with Crippen LogP contribution >= 0.6 is 0 Å². The number of carbonyl (C=O) groups is 1. The minimum Gasteiger partial charge on any atom is -0.340 e. The largest absolute Gasteiger partial charge is 0.340 e. The van der Waals surface area contributed by atoms with Crippen LogP contribution in [0.25, 0.3) is 0 Å². The van der Waals surface area contributed by atoms with Gasteiger partial charge in [-0.1, -0.05) is 30.3 Å². The Kier molecular flexibility index (Phi) is 6.43. The number of carbonyl (C=O) groups excluding carboxylic acids is 1. The zero-order valence-corrected chi connectivity index (χ0v) is 16.4. The number of hydrogen-bond donors (Lipinski definition) is 2. The van der Waals surface area contributed by atoms with Crippen molar-refractivity contribution in [1.29, 1.82) is 0 Å². The van der Waals surface area contributed by atoms with Crippen molar-refractivity contribution >= 4 is 5.91 Å². The number of likely N-dealkylation sites (tertiary alicyclic amines) is 1. The lowest BCUT2D eigenvalue weighted by Gasteiger charge is -2.33. The highest BCUT2D eigenvalue weighted by molar-refractivity contribution is 5.76. The van der Waals surface area contributed by atoms with E-state index >= 15 is 0 Å². The number of benzene rings is 1. The number of rotatable bonds is 7. The third-order valence-electron chi connectivity index (χ3n) is 6.39. The fourth-order valence-electron chi connectivity index (χ4n) is 4.60. The van der Waals surface area contributed by atoms with E-state index in [1.54, 1.807) is 0 Å². The second kappa shape index (κ2) is 9.18. The molecule has 1 aliphatic carbocycles. The van der Waals surface area contributed by atoms with Crippen LogP contribution in [-0.2, 0) is 4.79 Å². The molecule has 4 rings (SSSR count). The van der Waals surface area contributed by atoms with Gasteiger partial charge in [0, 0.05) is 50.6 Å². The number of nitrogens with one attached hydrogen (secondary N) is 2. The van der Waals surface area contributed by atoms with Gasteiger partial charge >= 0.3 is 0 Å². The molecule has 27 heavy (non-hydrogen) atoms. The summed E-state index contributed by atoms with van der Waals surface area (Å²) in [5.74, 6) is 1.06. The van der Waals surface area contributed by atoms with Gasteiger partial charge in [-0.2, -0.15) is 0 Å². The smallest absolute Gasteiger partial charge is 0.222 e. The molecule has 2 aliphatic heterocycles. The average Bonchev–Trinajstić information content (AvgIpc) is 3.50. The molecule has 0 radical (unpaired) electrons. The highest BCUT2D eigenvalue weighted by Gasteiger charge is 2.39. The van der Waals surface area contributed by atoms with E-state index in [1.807, 2.05) is 4.90 Å². The van der Waals surface area contributed by atoms with Crippen molar-refractivity contribution in [3.8, 4) is 0 Å². The predicted molar refractivity (Wildman–Crippen MR) is 109 cm³/mol. The normalized spacial score (nSPS) is 26.9. The van der Waals surface area contributed by atoms with Gasteiger partial charge < -0.3 is 20.4 Å². The molecule has 1 amide bonds. The molecule has 3 aliphatic rings. The molecule has 2 saturated heterocycles. The molecule has 1 saturated carbocycles. The van der Waals surface area contributed by atoms with Crippen molar-refractivity contribution in [3.63, 3.8) is 0 Å². The van der Waals surface area contributed by atoms with Gasteiger partial charge in [-0.15, -0.1) is 0 Å². The summed E-state index contributed by atoms with van der Waals surface area (Å²) in [6.07, 6.45) is 5.48. The maximum absolute atomic E-state index is 12.2. The van der Waals surface area contributed by atoms with Crippen LogP contribution in [0, 0.1) is 0 Å². The van der Waals surface area contributed by atoms with Gasteiger partial charge in [-0.3, -0.25) is 4.79 Å². The molecule has 2 heterocycles. The summed E-state index contributed by atoms with van der Waals surface area (Å²) in [6, 6.07) is 12.3. The molecular weight excluding hydrogens is 336 g/mol. The van der Waals surface area contributed by atoms with Crippen LogP contribution in [-0.4, -0.2) is 73.6 Å². The molecule has 2 atom stereocenters. The van der Waals surface area contributed by atoms with Crippen molar-refractivity contribution in [2.75, 3.05) is 45.8 Å². The molecule has 3 fully saturated rings. The molecular formula is C22H34N4O. The predicted octanol–water partition coefficient (Wildman–Crippen LogP) is 1.81. The van der Waals surface area contributed by atoms with Gasteiger partial charge in [0.1, 0.15) is 0 Å². The van der Waals surface area contributed by atoms with Crippen LogP contribution < -0.4 is 10.6 Å². The summed E-state index contributed by atoms with van der Waals surface area (Å²) < 4.78 is 0. The first-order valence-electron chi connectivity index (χ1n) is 10.8. The Morgan fingerprint density at radius 1 is 1.07 bits per heavy atom. The third-order valence-corrected chi connectivity index (χ3v) is 6.39. The Morgan fingerprint density at radius 2 is 1.81 bits per heavy atom. The van der Waals surface area contributed by atoms with Crippen LogP contribution in [0.1, 0.15) is 43.6 Å². The molecule has 0 bridgehead atoms. The Labute approximate surface area is 163 Å². The third kappa shape index (κ3) is 5.31. The molecule has 1 aromatic carbocycles. The summed E-state index contributed by atoms with van der Waals surface area (Å²) in [5.41, 5.74) is 1.49. The van der Waals surface area contributed by atoms with Crippen molar-refractivity contribution < 1.29 is 4.79 Å². The zero-order valence-electron chi connectivity index (χ0n) is 16.4. The quantitative estimate of drug-likeness (QED) is 0.769. The number of piperidine rings is 1. The number of piperazine rings is 1. The number of hydrogen-bond acceptors (Lipinski definition) is 4. The van der Waals surface area contributed by atoms with Gasteiger partial charge in [0.15, 0.2) is 0 Å². The van der Waals surface area contributed by atoms with E-state index in [-0.39, 0.29) is 0 Å². The molecule has 0 spiro atoms. The number of nitrogens with zero attached hydrogens (tertiary/aromatic N) is 2. The van der Waals surface area contributed by atoms with E-state index in [0.717, 1.165) is 45.1 Å². The van der Waals surface area contributed by atoms with E-state index < -0.39 is 0 Å². The summed E-state index contributed by atoms with van der Waals surface area (Å²) in [5, 5.41) is 7.19. The maximum Gasteiger partial charge on any atom is 0.222 e. The van der Waals surface area contributed by atoms with Crippen molar-refractivity contribution in [2.24, 2.45) is 0 Å². The first kappa shape index (κ1) is 18.9. The molecule has 1 unspecified atom stereocenters.